The second kappa shape index (κ2) is 8.12. The molecule has 0 fully saturated rings. The number of carbonyl (C=O) groups is 1. The molecule has 0 aliphatic carbocycles. The molecule has 0 atom stereocenters. The number of benzene rings is 3. The molecule has 0 unspecified atom stereocenters. The molecule has 6 nitrogen and oxygen atoms in total. The lowest BCUT2D eigenvalue weighted by molar-refractivity contribution is 0.0988. The van der Waals surface area contributed by atoms with Crippen molar-refractivity contribution in [3.05, 3.63) is 96.1 Å². The Balaban J connectivity index is 1.84. The van der Waals surface area contributed by atoms with Crippen LogP contribution in [0.2, 0.25) is 0 Å². The summed E-state index contributed by atoms with van der Waals surface area (Å²) in [6.07, 6.45) is 1.20. The molecule has 0 saturated carbocycles. The first-order valence-electron chi connectivity index (χ1n) is 9.00. The van der Waals surface area contributed by atoms with Crippen molar-refractivity contribution in [2.45, 2.75) is 6.61 Å². The van der Waals surface area contributed by atoms with Crippen LogP contribution in [0.25, 0.3) is 16.8 Å². The highest BCUT2D eigenvalue weighted by molar-refractivity contribution is 5.90. The van der Waals surface area contributed by atoms with Crippen LogP contribution in [-0.2, 0) is 6.61 Å². The molecule has 8 heteroatoms. The molecule has 4 aromatic rings. The molecule has 30 heavy (non-hydrogen) atoms. The van der Waals surface area contributed by atoms with E-state index in [1.807, 2.05) is 36.4 Å². The van der Waals surface area contributed by atoms with Crippen LogP contribution >= 0.6 is 0 Å². The Morgan fingerprint density at radius 2 is 1.83 bits per heavy atom. The molecule has 3 aromatic carbocycles. The smallest absolute Gasteiger partial charge is 0.286 e. The Morgan fingerprint density at radius 1 is 1.03 bits per heavy atom. The Morgan fingerprint density at radius 3 is 2.60 bits per heavy atom. The van der Waals surface area contributed by atoms with Gasteiger partial charge < -0.3 is 10.5 Å². The fourth-order valence-electron chi connectivity index (χ4n) is 3.08. The van der Waals surface area contributed by atoms with E-state index in [-0.39, 0.29) is 18.0 Å². The van der Waals surface area contributed by atoms with Crippen molar-refractivity contribution in [2.24, 2.45) is 5.73 Å². The third-order valence-corrected chi connectivity index (χ3v) is 4.46. The van der Waals surface area contributed by atoms with Crippen LogP contribution < -0.4 is 10.5 Å². The van der Waals surface area contributed by atoms with Gasteiger partial charge in [-0.2, -0.15) is 5.10 Å². The largest absolute Gasteiger partial charge is 0.486 e. The fourth-order valence-corrected chi connectivity index (χ4v) is 3.08. The molecule has 1 amide bonds. The zero-order valence-corrected chi connectivity index (χ0v) is 15.6. The van der Waals surface area contributed by atoms with Gasteiger partial charge in [0.05, 0.1) is 0 Å². The van der Waals surface area contributed by atoms with Crippen LogP contribution in [-0.4, -0.2) is 20.7 Å². The van der Waals surface area contributed by atoms with Gasteiger partial charge in [-0.15, -0.1) is 0 Å². The number of nitrogens with two attached hydrogens (primary N) is 1. The van der Waals surface area contributed by atoms with Gasteiger partial charge in [0, 0.05) is 11.1 Å². The number of amides is 1. The number of primary amides is 1. The van der Waals surface area contributed by atoms with E-state index in [0.717, 1.165) is 23.8 Å². The lowest BCUT2D eigenvalue weighted by Crippen LogP contribution is -2.18. The molecule has 0 bridgehead atoms. The number of para-hydroxylation sites is 1. The zero-order chi connectivity index (χ0) is 21.1. The highest BCUT2D eigenvalue weighted by atomic mass is 19.1. The number of aromatic nitrogens is 3. The molecule has 150 valence electrons. The van der Waals surface area contributed by atoms with Crippen molar-refractivity contribution in [1.29, 1.82) is 0 Å². The first-order valence-corrected chi connectivity index (χ1v) is 9.00. The van der Waals surface area contributed by atoms with Gasteiger partial charge in [0.2, 0.25) is 5.82 Å². The lowest BCUT2D eigenvalue weighted by Gasteiger charge is -2.17. The molecule has 2 N–H and O–H groups in total. The second-order valence-corrected chi connectivity index (χ2v) is 6.40. The van der Waals surface area contributed by atoms with Gasteiger partial charge in [-0.1, -0.05) is 42.5 Å². The molecule has 0 aliphatic rings. The zero-order valence-electron chi connectivity index (χ0n) is 15.6. The van der Waals surface area contributed by atoms with Gasteiger partial charge in [0.1, 0.15) is 30.3 Å². The second-order valence-electron chi connectivity index (χ2n) is 6.40. The van der Waals surface area contributed by atoms with Crippen molar-refractivity contribution >= 4 is 5.91 Å². The van der Waals surface area contributed by atoms with Gasteiger partial charge in [0.25, 0.3) is 5.91 Å². The molecule has 0 aliphatic heterocycles. The Kier molecular flexibility index (Phi) is 5.21. The summed E-state index contributed by atoms with van der Waals surface area (Å²) in [7, 11) is 0. The molecule has 0 spiro atoms. The standard InChI is InChI=1S/C22H16F2N4O2/c23-16-9-10-18(24)15(11-16)12-30-20-17(14-5-2-1-3-6-14)7-4-8-19(20)28-22(21(25)29)26-13-27-28/h1-11,13H,12H2,(H2,25,29). The van der Waals surface area contributed by atoms with Gasteiger partial charge in [0.15, 0.2) is 5.75 Å². The predicted octanol–water partition coefficient (Wildman–Crippen LogP) is 3.89. The SMILES string of the molecule is NC(=O)c1ncnn1-c1cccc(-c2ccccc2)c1OCc1cc(F)ccc1F. The van der Waals surface area contributed by atoms with E-state index in [0.29, 0.717) is 17.0 Å². The molecule has 1 aromatic heterocycles. The lowest BCUT2D eigenvalue weighted by atomic mass is 10.0. The molecule has 0 radical (unpaired) electrons. The average molecular weight is 406 g/mol. The molecular weight excluding hydrogens is 390 g/mol. The maximum absolute atomic E-state index is 14.1. The van der Waals surface area contributed by atoms with E-state index in [2.05, 4.69) is 10.1 Å². The number of ether oxygens (including phenoxy) is 1. The molecular formula is C22H16F2N4O2. The summed E-state index contributed by atoms with van der Waals surface area (Å²) in [4.78, 5) is 15.6. The molecule has 0 saturated heterocycles. The number of hydrogen-bond acceptors (Lipinski definition) is 4. The van der Waals surface area contributed by atoms with Crippen molar-refractivity contribution in [3.8, 4) is 22.6 Å². The van der Waals surface area contributed by atoms with Crippen LogP contribution in [0.5, 0.6) is 5.75 Å². The van der Waals surface area contributed by atoms with Crippen LogP contribution in [0, 0.1) is 11.6 Å². The van der Waals surface area contributed by atoms with E-state index in [9.17, 15) is 13.6 Å². The number of hydrogen-bond donors (Lipinski definition) is 1. The topological polar surface area (TPSA) is 83.0 Å². The summed E-state index contributed by atoms with van der Waals surface area (Å²) in [6.45, 7) is -0.235. The highest BCUT2D eigenvalue weighted by Crippen LogP contribution is 2.36. The monoisotopic (exact) mass is 406 g/mol. The minimum absolute atomic E-state index is 0.0533. The highest BCUT2D eigenvalue weighted by Gasteiger charge is 2.19. The van der Waals surface area contributed by atoms with Gasteiger partial charge in [-0.3, -0.25) is 4.79 Å². The third-order valence-electron chi connectivity index (χ3n) is 4.46. The Bertz CT molecular complexity index is 1210. The van der Waals surface area contributed by atoms with Crippen molar-refractivity contribution in [3.63, 3.8) is 0 Å². The Hall–Kier alpha value is -4.07. The summed E-state index contributed by atoms with van der Waals surface area (Å²) in [6, 6.07) is 17.8. The number of halogens is 2. The van der Waals surface area contributed by atoms with E-state index in [4.69, 9.17) is 10.5 Å². The van der Waals surface area contributed by atoms with Crippen molar-refractivity contribution in [2.75, 3.05) is 0 Å². The van der Waals surface area contributed by atoms with Crippen LogP contribution in [0.3, 0.4) is 0 Å². The van der Waals surface area contributed by atoms with Gasteiger partial charge in [-0.25, -0.2) is 18.4 Å². The maximum atomic E-state index is 14.1. The van der Waals surface area contributed by atoms with Crippen molar-refractivity contribution < 1.29 is 18.3 Å². The van der Waals surface area contributed by atoms with E-state index >= 15 is 0 Å². The summed E-state index contributed by atoms with van der Waals surface area (Å²) in [5.74, 6) is -1.69. The van der Waals surface area contributed by atoms with E-state index in [1.165, 1.54) is 11.0 Å². The number of carbonyl (C=O) groups excluding carboxylic acids is 1. The number of rotatable bonds is 6. The summed E-state index contributed by atoms with van der Waals surface area (Å²) >= 11 is 0. The Labute approximate surface area is 170 Å². The average Bonchev–Trinajstić information content (AvgIpc) is 3.25. The quantitative estimate of drug-likeness (QED) is 0.527. The first-order chi connectivity index (χ1) is 14.5. The van der Waals surface area contributed by atoms with E-state index < -0.39 is 17.5 Å². The van der Waals surface area contributed by atoms with Crippen LogP contribution in [0.4, 0.5) is 8.78 Å². The van der Waals surface area contributed by atoms with Crippen LogP contribution in [0.1, 0.15) is 16.2 Å². The van der Waals surface area contributed by atoms with Gasteiger partial charge >= 0.3 is 0 Å². The van der Waals surface area contributed by atoms with Crippen LogP contribution in [0.15, 0.2) is 73.1 Å². The fraction of sp³-hybridized carbons (Fsp3) is 0.0455. The third kappa shape index (κ3) is 3.75. The maximum Gasteiger partial charge on any atom is 0.286 e. The summed E-state index contributed by atoms with van der Waals surface area (Å²) < 4.78 is 34.9. The molecule has 1 heterocycles. The summed E-state index contributed by atoms with van der Waals surface area (Å²) in [5.41, 5.74) is 7.35. The van der Waals surface area contributed by atoms with E-state index in [1.54, 1.807) is 12.1 Å². The number of nitrogens with zero attached hydrogens (tertiary/aromatic N) is 3. The normalized spacial score (nSPS) is 10.7. The molecule has 4 rings (SSSR count). The predicted molar refractivity (Wildman–Crippen MR) is 106 cm³/mol. The minimum Gasteiger partial charge on any atom is -0.486 e. The first kappa shape index (κ1) is 19.3. The van der Waals surface area contributed by atoms with Gasteiger partial charge in [-0.05, 0) is 29.8 Å². The minimum atomic E-state index is -0.764. The summed E-state index contributed by atoms with van der Waals surface area (Å²) in [5, 5.41) is 4.08. The van der Waals surface area contributed by atoms with Crippen molar-refractivity contribution in [1.82, 2.24) is 14.8 Å².